The molecule has 12 heteroatoms. The van der Waals surface area contributed by atoms with E-state index < -0.39 is 14.0 Å². The minimum atomic E-state index is -1.17. The van der Waals surface area contributed by atoms with Gasteiger partial charge in [0, 0.05) is 27.1 Å². The molecule has 0 bridgehead atoms. The van der Waals surface area contributed by atoms with Crippen LogP contribution in [0.4, 0.5) is 16.8 Å². The maximum Gasteiger partial charge on any atom is 0.355 e. The van der Waals surface area contributed by atoms with Gasteiger partial charge in [-0.3, -0.25) is 4.57 Å². The molecule has 0 saturated heterocycles. The summed E-state index contributed by atoms with van der Waals surface area (Å²) in [5, 5.41) is 19.8. The molecule has 1 N–H and O–H groups in total. The fourth-order valence-corrected chi connectivity index (χ4v) is 5.76. The minimum Gasteiger partial charge on any atom is -0.476 e. The molecule has 0 aliphatic heterocycles. The van der Waals surface area contributed by atoms with Crippen LogP contribution in [0.3, 0.4) is 0 Å². The highest BCUT2D eigenvalue weighted by Crippen LogP contribution is 2.27. The maximum absolute atomic E-state index is 11.1. The monoisotopic (exact) mass is 528 g/mol. The van der Waals surface area contributed by atoms with Gasteiger partial charge in [0.1, 0.15) is 6.73 Å². The summed E-state index contributed by atoms with van der Waals surface area (Å²) in [6, 6.07) is 11.2. The first-order valence-corrected chi connectivity index (χ1v) is 16.5. The lowest BCUT2D eigenvalue weighted by molar-refractivity contribution is 0.0691. The molecule has 184 valence electrons. The van der Waals surface area contributed by atoms with Crippen LogP contribution in [0.15, 0.2) is 40.7 Å². The predicted molar refractivity (Wildman–Crippen MR) is 143 cm³/mol. The fraction of sp³-hybridized carbons (Fsp3) is 0.348. The number of fused-ring (bicyclic) bond motifs is 1. The van der Waals surface area contributed by atoms with Crippen LogP contribution in [0.1, 0.15) is 16.1 Å². The maximum atomic E-state index is 11.1. The van der Waals surface area contributed by atoms with Crippen LogP contribution >= 0.6 is 22.7 Å². The van der Waals surface area contributed by atoms with E-state index in [9.17, 15) is 4.79 Å². The van der Waals surface area contributed by atoms with E-state index in [1.807, 2.05) is 25.1 Å². The standard InChI is InChI=1S/C23H28N6O3S2Si/c1-15-12-19(28(2)22-24-16(13-33-22)21(30)31)26-27-20(15)25-23-29(14-32-10-11-35(3,4)5)17-8-6-7-9-18(17)34-23/h6-9,12-13H,10-11,14H2,1-5H3,(H,30,31). The van der Waals surface area contributed by atoms with Gasteiger partial charge in [-0.2, -0.15) is 4.99 Å². The van der Waals surface area contributed by atoms with Crippen LogP contribution in [0.2, 0.25) is 25.7 Å². The lowest BCUT2D eigenvalue weighted by Gasteiger charge is -2.16. The van der Waals surface area contributed by atoms with Crippen LogP contribution in [0, 0.1) is 6.92 Å². The second-order valence-electron chi connectivity index (χ2n) is 9.33. The number of rotatable bonds is 9. The summed E-state index contributed by atoms with van der Waals surface area (Å²) in [6.07, 6.45) is 0. The molecule has 1 aromatic carbocycles. The molecule has 0 unspecified atom stereocenters. The minimum absolute atomic E-state index is 0.00882. The van der Waals surface area contributed by atoms with Gasteiger partial charge in [-0.15, -0.1) is 21.5 Å². The average molecular weight is 529 g/mol. The molecule has 35 heavy (non-hydrogen) atoms. The number of hydrogen-bond donors (Lipinski definition) is 1. The van der Waals surface area contributed by atoms with Gasteiger partial charge in [-0.1, -0.05) is 43.1 Å². The highest BCUT2D eigenvalue weighted by molar-refractivity contribution is 7.16. The molecule has 0 radical (unpaired) electrons. The summed E-state index contributed by atoms with van der Waals surface area (Å²) in [5.41, 5.74) is 1.93. The number of anilines is 2. The first-order chi connectivity index (χ1) is 16.6. The molecule has 3 heterocycles. The van der Waals surface area contributed by atoms with E-state index in [-0.39, 0.29) is 5.69 Å². The zero-order chi connectivity index (χ0) is 25.2. The van der Waals surface area contributed by atoms with Gasteiger partial charge < -0.3 is 14.7 Å². The zero-order valence-corrected chi connectivity index (χ0v) is 23.0. The lowest BCUT2D eigenvalue weighted by atomic mass is 10.3. The molecule has 0 fully saturated rings. The predicted octanol–water partition coefficient (Wildman–Crippen LogP) is 5.27. The number of aromatic carboxylic acids is 1. The summed E-state index contributed by atoms with van der Waals surface area (Å²) in [5.74, 6) is 0.0277. The van der Waals surface area contributed by atoms with Crippen molar-refractivity contribution in [2.45, 2.75) is 39.3 Å². The van der Waals surface area contributed by atoms with Crippen LogP contribution in [-0.4, -0.2) is 52.6 Å². The summed E-state index contributed by atoms with van der Waals surface area (Å²) in [7, 11) is 0.611. The molecule has 0 atom stereocenters. The van der Waals surface area contributed by atoms with Gasteiger partial charge in [0.2, 0.25) is 0 Å². The van der Waals surface area contributed by atoms with E-state index in [1.54, 1.807) is 23.3 Å². The molecular weight excluding hydrogens is 501 g/mol. The Hall–Kier alpha value is -2.93. The van der Waals surface area contributed by atoms with Crippen molar-refractivity contribution in [1.82, 2.24) is 19.7 Å². The van der Waals surface area contributed by atoms with E-state index >= 15 is 0 Å². The van der Waals surface area contributed by atoms with Crippen molar-refractivity contribution < 1.29 is 14.6 Å². The Kier molecular flexibility index (Phi) is 7.45. The van der Waals surface area contributed by atoms with E-state index in [0.29, 0.717) is 23.5 Å². The van der Waals surface area contributed by atoms with Gasteiger partial charge in [0.25, 0.3) is 0 Å². The van der Waals surface area contributed by atoms with Crippen molar-refractivity contribution in [3.8, 4) is 0 Å². The van der Waals surface area contributed by atoms with E-state index in [2.05, 4.69) is 51.5 Å². The number of ether oxygens (including phenoxy) is 1. The number of aryl methyl sites for hydroxylation is 1. The van der Waals surface area contributed by atoms with E-state index in [0.717, 1.165) is 33.2 Å². The number of hydrogen-bond acceptors (Lipinski definition) is 9. The Morgan fingerprint density at radius 3 is 2.71 bits per heavy atom. The molecule has 0 aliphatic rings. The van der Waals surface area contributed by atoms with Gasteiger partial charge in [-0.25, -0.2) is 9.78 Å². The van der Waals surface area contributed by atoms with Crippen LogP contribution in [0.25, 0.3) is 10.2 Å². The number of carboxylic acid groups (broad SMARTS) is 1. The van der Waals surface area contributed by atoms with Crippen molar-refractivity contribution >= 4 is 63.7 Å². The largest absolute Gasteiger partial charge is 0.476 e. The zero-order valence-electron chi connectivity index (χ0n) is 20.3. The fourth-order valence-electron chi connectivity index (χ4n) is 3.21. The highest BCUT2D eigenvalue weighted by atomic mass is 32.1. The Morgan fingerprint density at radius 2 is 2.03 bits per heavy atom. The number of para-hydroxylation sites is 1. The smallest absolute Gasteiger partial charge is 0.355 e. The van der Waals surface area contributed by atoms with Crippen molar-refractivity contribution in [2.24, 2.45) is 4.99 Å². The molecule has 4 rings (SSSR count). The number of benzene rings is 1. The lowest BCUT2D eigenvalue weighted by Crippen LogP contribution is -2.23. The molecule has 0 amide bonds. The number of nitrogens with zero attached hydrogens (tertiary/aromatic N) is 6. The van der Waals surface area contributed by atoms with Gasteiger partial charge in [0.05, 0.1) is 10.2 Å². The second kappa shape index (κ2) is 10.4. The molecule has 0 spiro atoms. The Bertz CT molecular complexity index is 1420. The summed E-state index contributed by atoms with van der Waals surface area (Å²) in [6.45, 7) is 10.1. The first kappa shape index (κ1) is 25.2. The van der Waals surface area contributed by atoms with Gasteiger partial charge >= 0.3 is 5.97 Å². The Morgan fingerprint density at radius 1 is 1.26 bits per heavy atom. The Labute approximate surface area is 212 Å². The third-order valence-corrected chi connectivity index (χ3v) is 8.97. The molecule has 4 aromatic rings. The normalized spacial score (nSPS) is 12.4. The quantitative estimate of drug-likeness (QED) is 0.233. The summed E-state index contributed by atoms with van der Waals surface area (Å²) < 4.78 is 9.25. The molecule has 3 aromatic heterocycles. The highest BCUT2D eigenvalue weighted by Gasteiger charge is 2.16. The Balaban J connectivity index is 1.62. The number of aromatic nitrogens is 4. The molecule has 0 saturated carbocycles. The third kappa shape index (κ3) is 6.01. The van der Waals surface area contributed by atoms with E-state index in [1.165, 1.54) is 16.7 Å². The number of carboxylic acids is 1. The van der Waals surface area contributed by atoms with Crippen molar-refractivity contribution in [2.75, 3.05) is 18.6 Å². The molecule has 0 aliphatic carbocycles. The van der Waals surface area contributed by atoms with Crippen LogP contribution in [-0.2, 0) is 11.5 Å². The third-order valence-electron chi connectivity index (χ3n) is 5.29. The van der Waals surface area contributed by atoms with Gasteiger partial charge in [0.15, 0.2) is 27.3 Å². The van der Waals surface area contributed by atoms with Crippen molar-refractivity contribution in [1.29, 1.82) is 0 Å². The van der Waals surface area contributed by atoms with Crippen LogP contribution < -0.4 is 9.70 Å². The SMILES string of the molecule is Cc1cc(N(C)c2nc(C(=O)O)cs2)nnc1N=c1sc2ccccc2n1COCC[Si](C)(C)C. The average Bonchev–Trinajstić information content (AvgIpc) is 3.42. The van der Waals surface area contributed by atoms with Crippen molar-refractivity contribution in [3.05, 3.63) is 51.8 Å². The topological polar surface area (TPSA) is 106 Å². The summed E-state index contributed by atoms with van der Waals surface area (Å²) >= 11 is 2.82. The van der Waals surface area contributed by atoms with Crippen LogP contribution in [0.5, 0.6) is 0 Å². The summed E-state index contributed by atoms with van der Waals surface area (Å²) in [4.78, 5) is 22.6. The second-order valence-corrected chi connectivity index (χ2v) is 16.8. The van der Waals surface area contributed by atoms with Crippen molar-refractivity contribution in [3.63, 3.8) is 0 Å². The molecular formula is C23H28N6O3S2Si. The van der Waals surface area contributed by atoms with E-state index in [4.69, 9.17) is 14.8 Å². The molecule has 9 nitrogen and oxygen atoms in total. The number of thiazole rings is 2. The van der Waals surface area contributed by atoms with Gasteiger partial charge in [-0.05, 0) is 36.7 Å². The number of carbonyl (C=O) groups is 1. The first-order valence-electron chi connectivity index (χ1n) is 11.1.